The number of carbonyl (C=O) groups is 2. The number of hydrogen-bond donors (Lipinski definition) is 2. The Morgan fingerprint density at radius 1 is 1.35 bits per heavy atom. The van der Waals surface area contributed by atoms with E-state index in [0.29, 0.717) is 33.4 Å². The van der Waals surface area contributed by atoms with Crippen LogP contribution in [-0.2, 0) is 4.74 Å². The van der Waals surface area contributed by atoms with Gasteiger partial charge >= 0.3 is 5.97 Å². The van der Waals surface area contributed by atoms with Crippen molar-refractivity contribution in [2.75, 3.05) is 13.2 Å². The largest absolute Gasteiger partial charge is 0.462 e. The summed E-state index contributed by atoms with van der Waals surface area (Å²) in [7, 11) is 0. The summed E-state index contributed by atoms with van der Waals surface area (Å²) in [5, 5.41) is 11.6. The maximum absolute atomic E-state index is 12.2. The summed E-state index contributed by atoms with van der Waals surface area (Å²) in [5.74, 6) is -0.837. The molecular formula is C18H15N5O3. The number of benzene rings is 1. The quantitative estimate of drug-likeness (QED) is 0.537. The van der Waals surface area contributed by atoms with Crippen molar-refractivity contribution in [2.24, 2.45) is 0 Å². The lowest BCUT2D eigenvalue weighted by molar-refractivity contribution is 0.0528. The van der Waals surface area contributed by atoms with Crippen LogP contribution in [0, 0.1) is 11.3 Å². The van der Waals surface area contributed by atoms with Crippen LogP contribution in [0.1, 0.15) is 27.6 Å². The summed E-state index contributed by atoms with van der Waals surface area (Å²) in [6, 6.07) is 8.64. The second kappa shape index (κ2) is 7.44. The summed E-state index contributed by atoms with van der Waals surface area (Å²) in [5.41, 5.74) is 2.37. The van der Waals surface area contributed by atoms with Crippen LogP contribution in [0.5, 0.6) is 0 Å². The van der Waals surface area contributed by atoms with Crippen molar-refractivity contribution in [3.8, 4) is 17.3 Å². The number of hydrogen-bond acceptors (Lipinski definition) is 6. The second-order valence-electron chi connectivity index (χ2n) is 5.29. The highest BCUT2D eigenvalue weighted by molar-refractivity contribution is 6.08. The van der Waals surface area contributed by atoms with Crippen molar-refractivity contribution in [3.05, 3.63) is 47.9 Å². The Kier molecular flexibility index (Phi) is 4.90. The molecule has 8 heteroatoms. The van der Waals surface area contributed by atoms with E-state index in [1.807, 2.05) is 6.07 Å². The van der Waals surface area contributed by atoms with E-state index in [2.05, 4.69) is 20.3 Å². The molecule has 3 aromatic rings. The van der Waals surface area contributed by atoms with Crippen molar-refractivity contribution < 1.29 is 14.3 Å². The molecule has 2 aromatic heterocycles. The van der Waals surface area contributed by atoms with Gasteiger partial charge in [0.15, 0.2) is 0 Å². The first kappa shape index (κ1) is 17.1. The molecule has 0 fully saturated rings. The minimum atomic E-state index is -0.474. The zero-order chi connectivity index (χ0) is 18.5. The third-order valence-electron chi connectivity index (χ3n) is 3.69. The summed E-state index contributed by atoms with van der Waals surface area (Å²) in [6.45, 7) is 1.90. The predicted molar refractivity (Wildman–Crippen MR) is 93.2 cm³/mol. The number of ether oxygens (including phenoxy) is 1. The van der Waals surface area contributed by atoms with E-state index in [1.54, 1.807) is 31.2 Å². The van der Waals surface area contributed by atoms with Gasteiger partial charge in [-0.25, -0.2) is 14.8 Å². The van der Waals surface area contributed by atoms with Crippen LogP contribution in [-0.4, -0.2) is 40.0 Å². The zero-order valence-electron chi connectivity index (χ0n) is 13.9. The summed E-state index contributed by atoms with van der Waals surface area (Å²) < 4.78 is 5.08. The molecule has 2 heterocycles. The van der Waals surface area contributed by atoms with E-state index in [1.165, 1.54) is 12.5 Å². The van der Waals surface area contributed by atoms with Gasteiger partial charge in [0.2, 0.25) is 0 Å². The fraction of sp³-hybridized carbons (Fsp3) is 0.167. The summed E-state index contributed by atoms with van der Waals surface area (Å²) in [6.07, 6.45) is 2.91. The number of nitrogens with zero attached hydrogens (tertiary/aromatic N) is 3. The van der Waals surface area contributed by atoms with Gasteiger partial charge in [0.05, 0.1) is 29.3 Å². The van der Waals surface area contributed by atoms with Crippen molar-refractivity contribution in [1.29, 1.82) is 5.26 Å². The van der Waals surface area contributed by atoms with Gasteiger partial charge in [0, 0.05) is 17.3 Å². The van der Waals surface area contributed by atoms with Crippen LogP contribution in [0.15, 0.2) is 36.8 Å². The molecule has 0 bridgehead atoms. The number of amides is 1. The number of esters is 1. The first-order valence-electron chi connectivity index (χ1n) is 7.90. The lowest BCUT2D eigenvalue weighted by atomic mass is 10.0. The Balaban J connectivity index is 2.08. The smallest absolute Gasteiger partial charge is 0.340 e. The molecule has 0 aliphatic rings. The number of nitriles is 1. The number of aromatic nitrogens is 3. The molecule has 1 amide bonds. The lowest BCUT2D eigenvalue weighted by Gasteiger charge is -2.07. The van der Waals surface area contributed by atoms with E-state index in [4.69, 9.17) is 10.00 Å². The Morgan fingerprint density at radius 2 is 2.19 bits per heavy atom. The van der Waals surface area contributed by atoms with Gasteiger partial charge in [-0.2, -0.15) is 5.26 Å². The van der Waals surface area contributed by atoms with Gasteiger partial charge in [0.1, 0.15) is 18.5 Å². The van der Waals surface area contributed by atoms with Crippen molar-refractivity contribution >= 4 is 22.9 Å². The van der Waals surface area contributed by atoms with Crippen LogP contribution in [0.4, 0.5) is 0 Å². The van der Waals surface area contributed by atoms with Gasteiger partial charge in [0.25, 0.3) is 5.91 Å². The first-order chi connectivity index (χ1) is 12.7. The molecule has 3 rings (SSSR count). The molecule has 26 heavy (non-hydrogen) atoms. The van der Waals surface area contributed by atoms with Crippen LogP contribution in [0.3, 0.4) is 0 Å². The Bertz CT molecular complexity index is 1020. The third kappa shape index (κ3) is 3.23. The highest BCUT2D eigenvalue weighted by Gasteiger charge is 2.19. The zero-order valence-corrected chi connectivity index (χ0v) is 13.9. The van der Waals surface area contributed by atoms with Gasteiger partial charge < -0.3 is 15.0 Å². The Morgan fingerprint density at radius 3 is 2.96 bits per heavy atom. The molecule has 0 aliphatic carbocycles. The highest BCUT2D eigenvalue weighted by Crippen LogP contribution is 2.29. The predicted octanol–water partition coefficient (Wildman–Crippen LogP) is 2.05. The fourth-order valence-corrected chi connectivity index (χ4v) is 2.58. The number of fused-ring (bicyclic) bond motifs is 1. The normalized spacial score (nSPS) is 10.3. The van der Waals surface area contributed by atoms with Gasteiger partial charge in [-0.15, -0.1) is 0 Å². The fourth-order valence-electron chi connectivity index (χ4n) is 2.58. The van der Waals surface area contributed by atoms with Gasteiger partial charge in [-0.3, -0.25) is 4.79 Å². The molecule has 0 spiro atoms. The minimum absolute atomic E-state index is 0.0777. The molecule has 2 N–H and O–H groups in total. The van der Waals surface area contributed by atoms with Gasteiger partial charge in [-0.05, 0) is 19.1 Å². The van der Waals surface area contributed by atoms with Crippen molar-refractivity contribution in [2.45, 2.75) is 6.92 Å². The van der Waals surface area contributed by atoms with Crippen LogP contribution in [0.25, 0.3) is 22.3 Å². The van der Waals surface area contributed by atoms with Crippen molar-refractivity contribution in [1.82, 2.24) is 20.3 Å². The second-order valence-corrected chi connectivity index (χ2v) is 5.29. The third-order valence-corrected chi connectivity index (χ3v) is 3.69. The molecule has 8 nitrogen and oxygen atoms in total. The number of carbonyl (C=O) groups excluding carboxylic acids is 2. The molecule has 0 radical (unpaired) electrons. The molecular weight excluding hydrogens is 334 g/mol. The van der Waals surface area contributed by atoms with Crippen LogP contribution in [0.2, 0.25) is 0 Å². The van der Waals surface area contributed by atoms with Crippen LogP contribution >= 0.6 is 0 Å². The standard InChI is InChI=1S/C18H15N5O3/c1-2-26-18(25)13-9-21-16-14(13)15(22-10-23-16)11-4-3-5-12(8-11)17(24)20-7-6-19/h3-5,8-10H,2,7H2,1H3,(H,20,24)(H,21,22,23). The monoisotopic (exact) mass is 349 g/mol. The summed E-state index contributed by atoms with van der Waals surface area (Å²) >= 11 is 0. The van der Waals surface area contributed by atoms with Crippen LogP contribution < -0.4 is 5.32 Å². The van der Waals surface area contributed by atoms with E-state index >= 15 is 0 Å². The van der Waals surface area contributed by atoms with E-state index in [0.717, 1.165) is 0 Å². The Labute approximate surface area is 148 Å². The van der Waals surface area contributed by atoms with E-state index in [-0.39, 0.29) is 19.1 Å². The number of aromatic amines is 1. The molecule has 0 saturated carbocycles. The van der Waals surface area contributed by atoms with E-state index in [9.17, 15) is 9.59 Å². The average molecular weight is 349 g/mol. The minimum Gasteiger partial charge on any atom is -0.462 e. The average Bonchev–Trinajstić information content (AvgIpc) is 3.10. The maximum Gasteiger partial charge on any atom is 0.340 e. The SMILES string of the molecule is CCOC(=O)c1c[nH]c2ncnc(-c3cccc(C(=O)NCC#N)c3)c12. The molecule has 0 saturated heterocycles. The first-order valence-corrected chi connectivity index (χ1v) is 7.90. The highest BCUT2D eigenvalue weighted by atomic mass is 16.5. The topological polar surface area (TPSA) is 121 Å². The van der Waals surface area contributed by atoms with E-state index < -0.39 is 5.97 Å². The Hall–Kier alpha value is -3.73. The molecule has 1 aromatic carbocycles. The number of H-pyrrole nitrogens is 1. The maximum atomic E-state index is 12.2. The molecule has 0 aliphatic heterocycles. The molecule has 0 atom stereocenters. The number of nitrogens with one attached hydrogen (secondary N) is 2. The summed E-state index contributed by atoms with van der Waals surface area (Å²) in [4.78, 5) is 35.7. The number of rotatable bonds is 5. The van der Waals surface area contributed by atoms with Crippen molar-refractivity contribution in [3.63, 3.8) is 0 Å². The molecule has 130 valence electrons. The molecule has 0 unspecified atom stereocenters. The lowest BCUT2D eigenvalue weighted by Crippen LogP contribution is -2.23. The van der Waals surface area contributed by atoms with Gasteiger partial charge in [-0.1, -0.05) is 12.1 Å².